The van der Waals surface area contributed by atoms with Crippen molar-refractivity contribution in [1.82, 2.24) is 0 Å². The van der Waals surface area contributed by atoms with Gasteiger partial charge in [-0.15, -0.1) is 0 Å². The summed E-state index contributed by atoms with van der Waals surface area (Å²) in [4.78, 5) is 0. The summed E-state index contributed by atoms with van der Waals surface area (Å²) < 4.78 is 13.6. The van der Waals surface area contributed by atoms with Crippen LogP contribution in [0, 0.1) is 5.82 Å². The summed E-state index contributed by atoms with van der Waals surface area (Å²) in [5.74, 6) is -0.304. The number of nitrogens with two attached hydrogens (primary N) is 1. The molecule has 0 amide bonds. The molecule has 0 spiro atoms. The Balaban J connectivity index is 2.29. The van der Waals surface area contributed by atoms with Gasteiger partial charge in [-0.1, -0.05) is 42.5 Å². The molecule has 2 aromatic carbocycles. The minimum absolute atomic E-state index is 0.212. The van der Waals surface area contributed by atoms with Gasteiger partial charge in [-0.3, -0.25) is 0 Å². The van der Waals surface area contributed by atoms with E-state index in [1.807, 2.05) is 30.3 Å². The Morgan fingerprint density at radius 2 is 1.67 bits per heavy atom. The Hall–Kier alpha value is -1.83. The maximum absolute atomic E-state index is 13.6. The summed E-state index contributed by atoms with van der Waals surface area (Å²) in [6, 6.07) is 14.9. The molecular weight excluding hydrogens is 189 g/mol. The van der Waals surface area contributed by atoms with E-state index < -0.39 is 0 Å². The van der Waals surface area contributed by atoms with Crippen LogP contribution in [0.15, 0.2) is 48.5 Å². The first kappa shape index (κ1) is 9.71. The predicted molar refractivity (Wildman–Crippen MR) is 60.1 cm³/mol. The van der Waals surface area contributed by atoms with Crippen LogP contribution in [-0.4, -0.2) is 0 Å². The number of nitrogen functional groups attached to an aromatic ring is 1. The van der Waals surface area contributed by atoms with E-state index in [1.165, 1.54) is 0 Å². The predicted octanol–water partition coefficient (Wildman–Crippen LogP) is 3.00. The molecule has 0 aliphatic carbocycles. The van der Waals surface area contributed by atoms with Crippen LogP contribution >= 0.6 is 0 Å². The van der Waals surface area contributed by atoms with Gasteiger partial charge in [-0.05, 0) is 17.2 Å². The van der Waals surface area contributed by atoms with Gasteiger partial charge in [-0.25, -0.2) is 4.39 Å². The van der Waals surface area contributed by atoms with E-state index in [2.05, 4.69) is 0 Å². The highest BCUT2D eigenvalue weighted by Crippen LogP contribution is 2.17. The maximum atomic E-state index is 13.6. The Labute approximate surface area is 88.4 Å². The molecule has 76 valence electrons. The van der Waals surface area contributed by atoms with Crippen LogP contribution in [-0.2, 0) is 6.42 Å². The average Bonchev–Trinajstić information content (AvgIpc) is 2.26. The summed E-state index contributed by atoms with van der Waals surface area (Å²) in [6.07, 6.45) is 0.581. The summed E-state index contributed by atoms with van der Waals surface area (Å²) >= 11 is 0. The largest absolute Gasteiger partial charge is 0.396 e. The topological polar surface area (TPSA) is 26.0 Å². The molecule has 0 aliphatic heterocycles. The monoisotopic (exact) mass is 201 g/mol. The smallest absolute Gasteiger partial charge is 0.149 e. The van der Waals surface area contributed by atoms with Gasteiger partial charge in [0.25, 0.3) is 0 Å². The molecule has 0 heterocycles. The zero-order valence-corrected chi connectivity index (χ0v) is 8.28. The van der Waals surface area contributed by atoms with Crippen LogP contribution in [0.1, 0.15) is 11.1 Å². The van der Waals surface area contributed by atoms with Gasteiger partial charge in [0.2, 0.25) is 0 Å². The molecule has 0 radical (unpaired) electrons. The van der Waals surface area contributed by atoms with E-state index in [0.717, 1.165) is 5.56 Å². The van der Waals surface area contributed by atoms with Crippen molar-refractivity contribution in [3.8, 4) is 0 Å². The van der Waals surface area contributed by atoms with Crippen LogP contribution in [0.5, 0.6) is 0 Å². The Morgan fingerprint density at radius 1 is 0.933 bits per heavy atom. The van der Waals surface area contributed by atoms with E-state index >= 15 is 0 Å². The van der Waals surface area contributed by atoms with E-state index in [1.54, 1.807) is 18.2 Å². The van der Waals surface area contributed by atoms with Crippen molar-refractivity contribution in [2.24, 2.45) is 0 Å². The van der Waals surface area contributed by atoms with E-state index in [4.69, 9.17) is 5.73 Å². The van der Waals surface area contributed by atoms with Gasteiger partial charge in [0.1, 0.15) is 5.82 Å². The van der Waals surface area contributed by atoms with Crippen LogP contribution in [0.3, 0.4) is 0 Å². The fraction of sp³-hybridized carbons (Fsp3) is 0.0769. The van der Waals surface area contributed by atoms with E-state index in [9.17, 15) is 4.39 Å². The van der Waals surface area contributed by atoms with E-state index in [0.29, 0.717) is 12.0 Å². The SMILES string of the molecule is Nc1cccc(Cc2ccccc2)c1F. The zero-order valence-electron chi connectivity index (χ0n) is 8.28. The zero-order chi connectivity index (χ0) is 10.7. The van der Waals surface area contributed by atoms with Crippen molar-refractivity contribution in [3.05, 3.63) is 65.5 Å². The third kappa shape index (κ3) is 2.15. The van der Waals surface area contributed by atoms with Crippen LogP contribution in [0.4, 0.5) is 10.1 Å². The molecule has 0 aliphatic rings. The molecule has 0 bridgehead atoms. The van der Waals surface area contributed by atoms with Gasteiger partial charge in [0, 0.05) is 6.42 Å². The second kappa shape index (κ2) is 4.13. The fourth-order valence-corrected chi connectivity index (χ4v) is 1.55. The second-order valence-corrected chi connectivity index (χ2v) is 3.48. The molecule has 15 heavy (non-hydrogen) atoms. The molecule has 2 aromatic rings. The summed E-state index contributed by atoms with van der Waals surface area (Å²) in [5.41, 5.74) is 7.44. The molecule has 2 rings (SSSR count). The van der Waals surface area contributed by atoms with Crippen molar-refractivity contribution >= 4 is 5.69 Å². The van der Waals surface area contributed by atoms with Crippen molar-refractivity contribution in [3.63, 3.8) is 0 Å². The summed E-state index contributed by atoms with van der Waals surface area (Å²) in [5, 5.41) is 0. The molecule has 0 fully saturated rings. The Bertz CT molecular complexity index is 451. The first-order valence-electron chi connectivity index (χ1n) is 4.84. The number of rotatable bonds is 2. The number of hydrogen-bond donors (Lipinski definition) is 1. The lowest BCUT2D eigenvalue weighted by atomic mass is 10.0. The number of halogens is 1. The van der Waals surface area contributed by atoms with Crippen molar-refractivity contribution in [2.75, 3.05) is 5.73 Å². The first-order chi connectivity index (χ1) is 7.27. The molecule has 0 aromatic heterocycles. The van der Waals surface area contributed by atoms with Crippen molar-refractivity contribution < 1.29 is 4.39 Å². The summed E-state index contributed by atoms with van der Waals surface area (Å²) in [7, 11) is 0. The van der Waals surface area contributed by atoms with Gasteiger partial charge in [0.05, 0.1) is 5.69 Å². The minimum Gasteiger partial charge on any atom is -0.396 e. The lowest BCUT2D eigenvalue weighted by Crippen LogP contribution is -1.97. The van der Waals surface area contributed by atoms with E-state index in [-0.39, 0.29) is 11.5 Å². The van der Waals surface area contributed by atoms with Crippen molar-refractivity contribution in [1.29, 1.82) is 0 Å². The molecule has 0 unspecified atom stereocenters. The number of benzene rings is 2. The normalized spacial score (nSPS) is 10.2. The molecular formula is C13H12FN. The standard InChI is InChI=1S/C13H12FN/c14-13-11(7-4-8-12(13)15)9-10-5-2-1-3-6-10/h1-8H,9,15H2. The minimum atomic E-state index is -0.304. The highest BCUT2D eigenvalue weighted by Gasteiger charge is 2.05. The van der Waals surface area contributed by atoms with Gasteiger partial charge in [0.15, 0.2) is 0 Å². The third-order valence-electron chi connectivity index (χ3n) is 2.35. The van der Waals surface area contributed by atoms with Gasteiger partial charge in [-0.2, -0.15) is 0 Å². The quantitative estimate of drug-likeness (QED) is 0.742. The maximum Gasteiger partial charge on any atom is 0.149 e. The molecule has 2 heteroatoms. The third-order valence-corrected chi connectivity index (χ3v) is 2.35. The van der Waals surface area contributed by atoms with Crippen LogP contribution in [0.25, 0.3) is 0 Å². The second-order valence-electron chi connectivity index (χ2n) is 3.48. The highest BCUT2D eigenvalue weighted by atomic mass is 19.1. The molecule has 0 saturated heterocycles. The number of anilines is 1. The Morgan fingerprint density at radius 3 is 2.40 bits per heavy atom. The van der Waals surface area contributed by atoms with Crippen molar-refractivity contribution in [2.45, 2.75) is 6.42 Å². The molecule has 2 N–H and O–H groups in total. The highest BCUT2D eigenvalue weighted by molar-refractivity contribution is 5.44. The van der Waals surface area contributed by atoms with Crippen LogP contribution in [0.2, 0.25) is 0 Å². The Kier molecular flexibility index (Phi) is 2.68. The average molecular weight is 201 g/mol. The lowest BCUT2D eigenvalue weighted by Gasteiger charge is -2.05. The molecule has 0 saturated carbocycles. The fourth-order valence-electron chi connectivity index (χ4n) is 1.55. The van der Waals surface area contributed by atoms with Gasteiger partial charge < -0.3 is 5.73 Å². The van der Waals surface area contributed by atoms with Crippen LogP contribution < -0.4 is 5.73 Å². The first-order valence-corrected chi connectivity index (χ1v) is 4.84. The van der Waals surface area contributed by atoms with Gasteiger partial charge >= 0.3 is 0 Å². The molecule has 0 atom stereocenters. The lowest BCUT2D eigenvalue weighted by molar-refractivity contribution is 0.619. The number of hydrogen-bond acceptors (Lipinski definition) is 1. The molecule has 1 nitrogen and oxygen atoms in total. The summed E-state index contributed by atoms with van der Waals surface area (Å²) in [6.45, 7) is 0.